The Labute approximate surface area is 128 Å². The number of hydrogen-bond acceptors (Lipinski definition) is 4. The van der Waals surface area contributed by atoms with Crippen molar-refractivity contribution in [1.82, 2.24) is 14.8 Å². The van der Waals surface area contributed by atoms with Crippen LogP contribution in [-0.2, 0) is 11.3 Å². The van der Waals surface area contributed by atoms with Gasteiger partial charge in [0.25, 0.3) is 0 Å². The molecule has 0 aliphatic carbocycles. The minimum atomic E-state index is 0.294. The highest BCUT2D eigenvalue weighted by Gasteiger charge is 2.24. The average molecular weight is 295 g/mol. The summed E-state index contributed by atoms with van der Waals surface area (Å²) in [7, 11) is 0. The standard InChI is InChI=1S/C17H17N3O2/c1-2-4-13(5-3-1)10-20-17(15-7-9-22-12-15)18-16(19-20)14-6-8-21-11-14/h1-5,7,9,12,14H,6,8,10-11H2/t14-/m0/s1. The molecule has 1 saturated heterocycles. The molecule has 1 aliphatic rings. The highest BCUT2D eigenvalue weighted by Crippen LogP contribution is 2.26. The molecule has 4 rings (SSSR count). The average Bonchev–Trinajstić information content (AvgIpc) is 3.29. The molecule has 3 aromatic rings. The lowest BCUT2D eigenvalue weighted by atomic mass is 10.1. The molecule has 0 N–H and O–H groups in total. The van der Waals surface area contributed by atoms with Crippen molar-refractivity contribution < 1.29 is 9.15 Å². The van der Waals surface area contributed by atoms with Crippen molar-refractivity contribution in [1.29, 1.82) is 0 Å². The summed E-state index contributed by atoms with van der Waals surface area (Å²) in [6.07, 6.45) is 4.36. The zero-order valence-electron chi connectivity index (χ0n) is 12.2. The molecule has 0 unspecified atom stereocenters. The molecule has 0 bridgehead atoms. The summed E-state index contributed by atoms with van der Waals surface area (Å²) in [6, 6.07) is 12.2. The minimum Gasteiger partial charge on any atom is -0.472 e. The number of benzene rings is 1. The summed E-state index contributed by atoms with van der Waals surface area (Å²) < 4.78 is 12.6. The van der Waals surface area contributed by atoms with E-state index >= 15 is 0 Å². The summed E-state index contributed by atoms with van der Waals surface area (Å²) in [4.78, 5) is 4.74. The third-order valence-corrected chi connectivity index (χ3v) is 3.94. The molecule has 112 valence electrons. The lowest BCUT2D eigenvalue weighted by Crippen LogP contribution is -2.05. The van der Waals surface area contributed by atoms with Crippen LogP contribution in [0.2, 0.25) is 0 Å². The third-order valence-electron chi connectivity index (χ3n) is 3.94. The number of aromatic nitrogens is 3. The van der Waals surface area contributed by atoms with E-state index in [0.717, 1.165) is 30.2 Å². The van der Waals surface area contributed by atoms with Crippen molar-refractivity contribution in [3.8, 4) is 11.4 Å². The topological polar surface area (TPSA) is 53.1 Å². The van der Waals surface area contributed by atoms with Crippen LogP contribution in [0.1, 0.15) is 23.7 Å². The van der Waals surface area contributed by atoms with E-state index in [-0.39, 0.29) is 0 Å². The summed E-state index contributed by atoms with van der Waals surface area (Å²) in [6.45, 7) is 2.20. The van der Waals surface area contributed by atoms with Gasteiger partial charge in [-0.25, -0.2) is 9.67 Å². The van der Waals surface area contributed by atoms with Crippen LogP contribution in [0.3, 0.4) is 0 Å². The second kappa shape index (κ2) is 5.77. The van der Waals surface area contributed by atoms with Gasteiger partial charge < -0.3 is 9.15 Å². The van der Waals surface area contributed by atoms with Crippen LogP contribution in [0.25, 0.3) is 11.4 Å². The van der Waals surface area contributed by atoms with E-state index in [1.165, 1.54) is 5.56 Å². The Morgan fingerprint density at radius 3 is 2.82 bits per heavy atom. The van der Waals surface area contributed by atoms with E-state index < -0.39 is 0 Å². The highest BCUT2D eigenvalue weighted by molar-refractivity contribution is 5.53. The molecule has 0 radical (unpaired) electrons. The van der Waals surface area contributed by atoms with Crippen LogP contribution < -0.4 is 0 Å². The predicted molar refractivity (Wildman–Crippen MR) is 81.4 cm³/mol. The second-order valence-corrected chi connectivity index (χ2v) is 5.51. The van der Waals surface area contributed by atoms with Gasteiger partial charge in [-0.15, -0.1) is 0 Å². The van der Waals surface area contributed by atoms with Gasteiger partial charge in [0.2, 0.25) is 0 Å². The van der Waals surface area contributed by atoms with Gasteiger partial charge in [-0.3, -0.25) is 0 Å². The molecule has 1 fully saturated rings. The molecule has 2 aromatic heterocycles. The molecular formula is C17H17N3O2. The Hall–Kier alpha value is -2.40. The van der Waals surface area contributed by atoms with Gasteiger partial charge in [-0.1, -0.05) is 30.3 Å². The largest absolute Gasteiger partial charge is 0.472 e. The zero-order valence-corrected chi connectivity index (χ0v) is 12.2. The molecular weight excluding hydrogens is 278 g/mol. The van der Waals surface area contributed by atoms with Gasteiger partial charge in [-0.2, -0.15) is 5.10 Å². The fraction of sp³-hybridized carbons (Fsp3) is 0.294. The quantitative estimate of drug-likeness (QED) is 0.742. The SMILES string of the molecule is c1ccc(Cn2nc([C@H]3CCOC3)nc2-c2ccoc2)cc1. The third kappa shape index (κ3) is 2.55. The number of nitrogens with zero attached hydrogens (tertiary/aromatic N) is 3. The van der Waals surface area contributed by atoms with E-state index in [1.807, 2.05) is 28.9 Å². The normalized spacial score (nSPS) is 17.9. The monoisotopic (exact) mass is 295 g/mol. The van der Waals surface area contributed by atoms with Gasteiger partial charge in [0, 0.05) is 12.5 Å². The first kappa shape index (κ1) is 13.3. The minimum absolute atomic E-state index is 0.294. The molecule has 1 aliphatic heterocycles. The lowest BCUT2D eigenvalue weighted by Gasteiger charge is -2.04. The van der Waals surface area contributed by atoms with Crippen LogP contribution in [0.5, 0.6) is 0 Å². The van der Waals surface area contributed by atoms with Gasteiger partial charge in [-0.05, 0) is 18.1 Å². The van der Waals surface area contributed by atoms with E-state index in [9.17, 15) is 0 Å². The number of ether oxygens (including phenoxy) is 1. The summed E-state index contributed by atoms with van der Waals surface area (Å²) in [5.74, 6) is 2.01. The fourth-order valence-electron chi connectivity index (χ4n) is 2.74. The zero-order chi connectivity index (χ0) is 14.8. The van der Waals surface area contributed by atoms with Crippen molar-refractivity contribution >= 4 is 0 Å². The number of furan rings is 1. The molecule has 1 atom stereocenters. The molecule has 0 spiro atoms. The molecule has 1 aromatic carbocycles. The highest BCUT2D eigenvalue weighted by atomic mass is 16.5. The Morgan fingerprint density at radius 2 is 2.09 bits per heavy atom. The van der Waals surface area contributed by atoms with Crippen molar-refractivity contribution in [2.75, 3.05) is 13.2 Å². The Bertz CT molecular complexity index is 729. The maximum absolute atomic E-state index is 5.46. The van der Waals surface area contributed by atoms with Crippen LogP contribution in [0, 0.1) is 0 Å². The van der Waals surface area contributed by atoms with E-state index in [0.29, 0.717) is 19.1 Å². The maximum atomic E-state index is 5.46. The van der Waals surface area contributed by atoms with Gasteiger partial charge in [0.1, 0.15) is 6.26 Å². The van der Waals surface area contributed by atoms with Crippen LogP contribution in [-0.4, -0.2) is 28.0 Å². The van der Waals surface area contributed by atoms with Crippen molar-refractivity contribution in [2.45, 2.75) is 18.9 Å². The smallest absolute Gasteiger partial charge is 0.161 e. The van der Waals surface area contributed by atoms with Crippen LogP contribution >= 0.6 is 0 Å². The first-order valence-electron chi connectivity index (χ1n) is 7.49. The van der Waals surface area contributed by atoms with Crippen molar-refractivity contribution in [3.05, 3.63) is 60.3 Å². The summed E-state index contributed by atoms with van der Waals surface area (Å²) >= 11 is 0. The molecule has 5 heteroatoms. The van der Waals surface area contributed by atoms with Gasteiger partial charge in [0.15, 0.2) is 11.6 Å². The maximum Gasteiger partial charge on any atom is 0.161 e. The van der Waals surface area contributed by atoms with E-state index in [1.54, 1.807) is 12.5 Å². The first-order valence-corrected chi connectivity index (χ1v) is 7.49. The van der Waals surface area contributed by atoms with Crippen molar-refractivity contribution in [3.63, 3.8) is 0 Å². The number of rotatable bonds is 4. The summed E-state index contributed by atoms with van der Waals surface area (Å²) in [5, 5.41) is 4.73. The Kier molecular flexibility index (Phi) is 3.48. The summed E-state index contributed by atoms with van der Waals surface area (Å²) in [5.41, 5.74) is 2.15. The molecule has 0 amide bonds. The van der Waals surface area contributed by atoms with Gasteiger partial charge >= 0.3 is 0 Å². The molecule has 5 nitrogen and oxygen atoms in total. The number of hydrogen-bond donors (Lipinski definition) is 0. The Morgan fingerprint density at radius 1 is 1.18 bits per heavy atom. The predicted octanol–water partition coefficient (Wildman–Crippen LogP) is 3.09. The second-order valence-electron chi connectivity index (χ2n) is 5.51. The lowest BCUT2D eigenvalue weighted by molar-refractivity contribution is 0.193. The fourth-order valence-corrected chi connectivity index (χ4v) is 2.74. The molecule has 22 heavy (non-hydrogen) atoms. The first-order chi connectivity index (χ1) is 10.9. The van der Waals surface area contributed by atoms with E-state index in [2.05, 4.69) is 12.1 Å². The molecule has 3 heterocycles. The van der Waals surface area contributed by atoms with Crippen LogP contribution in [0.15, 0.2) is 53.3 Å². The van der Waals surface area contributed by atoms with Crippen molar-refractivity contribution in [2.24, 2.45) is 0 Å². The van der Waals surface area contributed by atoms with Crippen LogP contribution in [0.4, 0.5) is 0 Å². The van der Waals surface area contributed by atoms with Gasteiger partial charge in [0.05, 0.1) is 25.0 Å². The Balaban J connectivity index is 1.71. The van der Waals surface area contributed by atoms with E-state index in [4.69, 9.17) is 19.2 Å². The molecule has 0 saturated carbocycles.